The van der Waals surface area contributed by atoms with Crippen LogP contribution in [0.3, 0.4) is 0 Å². The number of fused-ring (bicyclic) bond motifs is 5. The third kappa shape index (κ3) is 4.17. The Bertz CT molecular complexity index is 597. The predicted molar refractivity (Wildman–Crippen MR) is 133 cm³/mol. The van der Waals surface area contributed by atoms with Crippen molar-refractivity contribution in [3.63, 3.8) is 0 Å². The van der Waals surface area contributed by atoms with Crippen molar-refractivity contribution in [2.45, 2.75) is 119 Å². The van der Waals surface area contributed by atoms with Gasteiger partial charge in [0.1, 0.15) is 0 Å². The highest BCUT2D eigenvalue weighted by molar-refractivity contribution is 5.09. The molecule has 10 atom stereocenters. The highest BCUT2D eigenvalue weighted by atomic mass is 16.3. The molecule has 4 aliphatic carbocycles. The summed E-state index contributed by atoms with van der Waals surface area (Å²) in [4.78, 5) is 0. The molecule has 4 fully saturated rings. The monoisotopic (exact) mass is 430 g/mol. The van der Waals surface area contributed by atoms with E-state index < -0.39 is 0 Å². The van der Waals surface area contributed by atoms with Gasteiger partial charge >= 0.3 is 0 Å². The molecule has 31 heavy (non-hydrogen) atoms. The van der Waals surface area contributed by atoms with E-state index in [1.165, 1.54) is 64.2 Å². The fourth-order valence-electron chi connectivity index (χ4n) is 10.4. The molecule has 1 unspecified atom stereocenters. The van der Waals surface area contributed by atoms with E-state index in [9.17, 15) is 5.11 Å². The molecular formula is C30H54O. The number of aliphatic hydroxyl groups is 1. The first-order valence-electron chi connectivity index (χ1n) is 14.3. The van der Waals surface area contributed by atoms with Gasteiger partial charge in [0.2, 0.25) is 0 Å². The van der Waals surface area contributed by atoms with Crippen LogP contribution < -0.4 is 0 Å². The molecule has 180 valence electrons. The van der Waals surface area contributed by atoms with Crippen LogP contribution in [0.15, 0.2) is 0 Å². The first-order valence-corrected chi connectivity index (χ1v) is 14.3. The van der Waals surface area contributed by atoms with Gasteiger partial charge in [-0.3, -0.25) is 0 Å². The molecule has 4 saturated carbocycles. The fourth-order valence-corrected chi connectivity index (χ4v) is 10.4. The van der Waals surface area contributed by atoms with Crippen molar-refractivity contribution < 1.29 is 5.11 Å². The maximum absolute atomic E-state index is 9.49. The summed E-state index contributed by atoms with van der Waals surface area (Å²) in [6.07, 6.45) is 17.3. The third-order valence-corrected chi connectivity index (χ3v) is 12.2. The van der Waals surface area contributed by atoms with E-state index in [0.29, 0.717) is 29.3 Å². The lowest BCUT2D eigenvalue weighted by atomic mass is 9.43. The number of hydrogen-bond donors (Lipinski definition) is 1. The zero-order valence-electron chi connectivity index (χ0n) is 21.8. The van der Waals surface area contributed by atoms with Gasteiger partial charge in [0.05, 0.1) is 0 Å². The molecule has 0 aliphatic heterocycles. The van der Waals surface area contributed by atoms with Crippen LogP contribution in [0.5, 0.6) is 0 Å². The van der Waals surface area contributed by atoms with Gasteiger partial charge in [0, 0.05) is 6.61 Å². The van der Waals surface area contributed by atoms with Crippen LogP contribution in [0, 0.1) is 64.1 Å². The standard InChI is InChI=1S/C30H54O/c1-20(2)23(16-19-31)10-9-22(4)26-13-14-27-24-11-12-25-21(3)8-7-17-29(25,5)28(24)15-18-30(26,27)6/h20-28,31H,7-19H2,1-6H3/t21-,22-,23-,24+,25?,26-,27+,28+,29+,30-/m1/s1. The minimum absolute atomic E-state index is 0.363. The average Bonchev–Trinajstić information content (AvgIpc) is 3.08. The van der Waals surface area contributed by atoms with Crippen molar-refractivity contribution in [3.8, 4) is 0 Å². The second-order valence-corrected chi connectivity index (χ2v) is 13.7. The number of rotatable bonds is 7. The molecule has 0 radical (unpaired) electrons. The van der Waals surface area contributed by atoms with Crippen LogP contribution in [0.1, 0.15) is 119 Å². The van der Waals surface area contributed by atoms with Gasteiger partial charge in [-0.15, -0.1) is 0 Å². The molecule has 0 spiro atoms. The van der Waals surface area contributed by atoms with Crippen molar-refractivity contribution in [2.24, 2.45) is 64.1 Å². The summed E-state index contributed by atoms with van der Waals surface area (Å²) in [5, 5.41) is 9.49. The molecule has 4 aliphatic rings. The summed E-state index contributed by atoms with van der Waals surface area (Å²) in [5.41, 5.74) is 1.26. The van der Waals surface area contributed by atoms with E-state index in [1.807, 2.05) is 0 Å². The molecule has 1 heteroatoms. The zero-order chi connectivity index (χ0) is 22.4. The zero-order valence-corrected chi connectivity index (χ0v) is 21.8. The highest BCUT2D eigenvalue weighted by Crippen LogP contribution is 2.68. The van der Waals surface area contributed by atoms with E-state index in [-0.39, 0.29) is 0 Å². The van der Waals surface area contributed by atoms with Crippen LogP contribution in [-0.4, -0.2) is 11.7 Å². The Morgan fingerprint density at radius 2 is 1.48 bits per heavy atom. The Morgan fingerprint density at radius 3 is 2.19 bits per heavy atom. The molecule has 0 aromatic heterocycles. The van der Waals surface area contributed by atoms with Gasteiger partial charge in [-0.2, -0.15) is 0 Å². The molecule has 0 aromatic rings. The lowest BCUT2D eigenvalue weighted by molar-refractivity contribution is -0.127. The third-order valence-electron chi connectivity index (χ3n) is 12.2. The maximum atomic E-state index is 9.49. The second-order valence-electron chi connectivity index (χ2n) is 13.7. The van der Waals surface area contributed by atoms with Gasteiger partial charge in [0.15, 0.2) is 0 Å². The molecule has 0 aromatic carbocycles. The summed E-state index contributed by atoms with van der Waals surface area (Å²) in [6, 6.07) is 0. The molecular weight excluding hydrogens is 376 g/mol. The van der Waals surface area contributed by atoms with Crippen molar-refractivity contribution >= 4 is 0 Å². The largest absolute Gasteiger partial charge is 0.396 e. The topological polar surface area (TPSA) is 20.2 Å². The SMILES string of the molecule is CC(C)[C@@H](CCO)CC[C@@H](C)[C@H]1CC[C@H]2[C@@H]3CCC4[C@H](C)CCC[C@]4(C)[C@H]3CC[C@]12C. The van der Waals surface area contributed by atoms with Gasteiger partial charge < -0.3 is 5.11 Å². The summed E-state index contributed by atoms with van der Waals surface area (Å²) in [5.74, 6) is 8.25. The highest BCUT2D eigenvalue weighted by Gasteiger charge is 2.60. The van der Waals surface area contributed by atoms with Crippen LogP contribution in [0.25, 0.3) is 0 Å². The Morgan fingerprint density at radius 1 is 0.774 bits per heavy atom. The molecule has 0 heterocycles. The van der Waals surface area contributed by atoms with Crippen molar-refractivity contribution in [1.29, 1.82) is 0 Å². The van der Waals surface area contributed by atoms with Crippen LogP contribution >= 0.6 is 0 Å². The first-order chi connectivity index (χ1) is 14.7. The average molecular weight is 431 g/mol. The van der Waals surface area contributed by atoms with E-state index in [4.69, 9.17) is 0 Å². The van der Waals surface area contributed by atoms with E-state index >= 15 is 0 Å². The lowest BCUT2D eigenvalue weighted by Gasteiger charge is -2.62. The van der Waals surface area contributed by atoms with E-state index in [1.54, 1.807) is 6.42 Å². The first kappa shape index (κ1) is 24.1. The van der Waals surface area contributed by atoms with Crippen LogP contribution in [-0.2, 0) is 0 Å². The molecule has 4 rings (SSSR count). The maximum Gasteiger partial charge on any atom is 0.0433 e. The van der Waals surface area contributed by atoms with Gasteiger partial charge in [-0.25, -0.2) is 0 Å². The summed E-state index contributed by atoms with van der Waals surface area (Å²) < 4.78 is 0. The Labute approximate surface area is 194 Å². The molecule has 0 bridgehead atoms. The van der Waals surface area contributed by atoms with Gasteiger partial charge in [0.25, 0.3) is 0 Å². The lowest BCUT2D eigenvalue weighted by Crippen LogP contribution is -2.54. The smallest absolute Gasteiger partial charge is 0.0433 e. The fraction of sp³-hybridized carbons (Fsp3) is 1.00. The molecule has 1 N–H and O–H groups in total. The van der Waals surface area contributed by atoms with Crippen LogP contribution in [0.2, 0.25) is 0 Å². The quantitative estimate of drug-likeness (QED) is 0.430. The van der Waals surface area contributed by atoms with Crippen molar-refractivity contribution in [1.82, 2.24) is 0 Å². The normalized spacial score (nSPS) is 46.8. The molecule has 0 saturated heterocycles. The minimum atomic E-state index is 0.363. The van der Waals surface area contributed by atoms with Crippen molar-refractivity contribution in [3.05, 3.63) is 0 Å². The Kier molecular flexibility index (Phi) is 7.23. The number of hydrogen-bond acceptors (Lipinski definition) is 1. The van der Waals surface area contributed by atoms with Gasteiger partial charge in [-0.1, -0.05) is 60.8 Å². The van der Waals surface area contributed by atoms with Crippen molar-refractivity contribution in [2.75, 3.05) is 6.61 Å². The summed E-state index contributed by atoms with van der Waals surface area (Å²) in [6.45, 7) is 15.7. The Hall–Kier alpha value is -0.0400. The predicted octanol–water partition coefficient (Wildman–Crippen LogP) is 8.35. The molecule has 0 amide bonds. The summed E-state index contributed by atoms with van der Waals surface area (Å²) in [7, 11) is 0. The Balaban J connectivity index is 1.44. The second kappa shape index (κ2) is 9.31. The van der Waals surface area contributed by atoms with Crippen LogP contribution in [0.4, 0.5) is 0 Å². The molecule has 1 nitrogen and oxygen atoms in total. The van der Waals surface area contributed by atoms with E-state index in [0.717, 1.165) is 47.8 Å². The van der Waals surface area contributed by atoms with Gasteiger partial charge in [-0.05, 0) is 122 Å². The summed E-state index contributed by atoms with van der Waals surface area (Å²) >= 11 is 0. The number of aliphatic hydroxyl groups excluding tert-OH is 1. The van der Waals surface area contributed by atoms with E-state index in [2.05, 4.69) is 41.5 Å². The minimum Gasteiger partial charge on any atom is -0.396 e.